The van der Waals surface area contributed by atoms with Crippen molar-refractivity contribution in [1.29, 1.82) is 0 Å². The first-order valence-corrected chi connectivity index (χ1v) is 9.15. The smallest absolute Gasteiger partial charge is 0.252 e. The molecule has 0 atom stereocenters. The van der Waals surface area contributed by atoms with Gasteiger partial charge in [-0.05, 0) is 62.1 Å². The highest BCUT2D eigenvalue weighted by molar-refractivity contribution is 5.88. The number of anilines is 2. The van der Waals surface area contributed by atoms with Crippen molar-refractivity contribution >= 4 is 24.3 Å². The summed E-state index contributed by atoms with van der Waals surface area (Å²) in [5.41, 5.74) is 9.97. The van der Waals surface area contributed by atoms with E-state index in [2.05, 4.69) is 41.0 Å². The van der Waals surface area contributed by atoms with E-state index in [4.69, 9.17) is 0 Å². The molecule has 3 aromatic rings. The van der Waals surface area contributed by atoms with Gasteiger partial charge in [0.15, 0.2) is 0 Å². The lowest BCUT2D eigenvalue weighted by molar-refractivity contribution is 1.04. The van der Waals surface area contributed by atoms with Crippen molar-refractivity contribution < 1.29 is 0 Å². The molecule has 0 saturated heterocycles. The van der Waals surface area contributed by atoms with Crippen LogP contribution in [0.3, 0.4) is 0 Å². The zero-order chi connectivity index (χ0) is 21.7. The predicted octanol–water partition coefficient (Wildman–Crippen LogP) is 1.98. The van der Waals surface area contributed by atoms with Gasteiger partial charge in [0.2, 0.25) is 11.9 Å². The number of hydrogen-bond donors (Lipinski definition) is 4. The fraction of sp³-hybridized carbons (Fsp3) is 0.200. The monoisotopic (exact) mass is 406 g/mol. The molecule has 0 aliphatic rings. The topological polar surface area (TPSA) is 140 Å². The molecule has 10 nitrogen and oxygen atoms in total. The fourth-order valence-electron chi connectivity index (χ4n) is 2.73. The molecule has 0 aliphatic heterocycles. The highest BCUT2D eigenvalue weighted by Gasteiger charge is 2.03. The maximum Gasteiger partial charge on any atom is 0.252 e. The predicted molar refractivity (Wildman–Crippen MR) is 118 cm³/mol. The first kappa shape index (κ1) is 20.6. The zero-order valence-electron chi connectivity index (χ0n) is 17.1. The lowest BCUT2D eigenvalue weighted by atomic mass is 10.0. The molecule has 2 aromatic heterocycles. The highest BCUT2D eigenvalue weighted by atomic mass is 16.1. The molecule has 154 valence electrons. The van der Waals surface area contributed by atoms with E-state index < -0.39 is 0 Å². The number of aryl methyl sites for hydroxylation is 4. The molecule has 0 bridgehead atoms. The van der Waals surface area contributed by atoms with E-state index in [0.29, 0.717) is 11.4 Å². The molecule has 0 saturated carbocycles. The average molecular weight is 406 g/mol. The first-order chi connectivity index (χ1) is 14.3. The van der Waals surface area contributed by atoms with E-state index in [1.165, 1.54) is 12.1 Å². The molecule has 0 unspecified atom stereocenters. The Morgan fingerprint density at radius 2 is 1.13 bits per heavy atom. The molecule has 0 radical (unpaired) electrons. The van der Waals surface area contributed by atoms with Gasteiger partial charge in [0.05, 0.1) is 12.4 Å². The zero-order valence-corrected chi connectivity index (χ0v) is 17.1. The fourth-order valence-corrected chi connectivity index (χ4v) is 2.73. The Labute approximate surface area is 172 Å². The highest BCUT2D eigenvalue weighted by Crippen LogP contribution is 2.13. The molecule has 2 heterocycles. The molecule has 10 heteroatoms. The lowest BCUT2D eigenvalue weighted by Crippen LogP contribution is -2.10. The maximum absolute atomic E-state index is 11.5. The number of rotatable bonds is 6. The summed E-state index contributed by atoms with van der Waals surface area (Å²) in [5, 5.41) is 8.30. The average Bonchev–Trinajstić information content (AvgIpc) is 2.63. The minimum Gasteiger partial charge on any atom is -0.291 e. The van der Waals surface area contributed by atoms with Gasteiger partial charge in [-0.3, -0.25) is 19.6 Å². The molecule has 1 aromatic carbocycles. The largest absolute Gasteiger partial charge is 0.291 e. The lowest BCUT2D eigenvalue weighted by Gasteiger charge is -2.07. The van der Waals surface area contributed by atoms with Crippen molar-refractivity contribution in [3.8, 4) is 0 Å². The van der Waals surface area contributed by atoms with E-state index >= 15 is 0 Å². The van der Waals surface area contributed by atoms with Gasteiger partial charge in [-0.25, -0.2) is 20.8 Å². The van der Waals surface area contributed by atoms with Gasteiger partial charge in [-0.1, -0.05) is 0 Å². The van der Waals surface area contributed by atoms with Gasteiger partial charge in [0.1, 0.15) is 0 Å². The standard InChI is InChI=1S/C20H22N8O2/c1-11-5-16(10-22-28-20-24-14(4)8-18(30)26-20)12(2)6-15(11)9-21-27-19-23-13(3)7-17(29)25-19/h5-10H,1-4H3,(H2,23,25,27,29)(H2,24,26,28,30)/b21-9+,22-10+. The normalized spacial score (nSPS) is 11.3. The van der Waals surface area contributed by atoms with Crippen LogP contribution in [0, 0.1) is 27.7 Å². The molecule has 30 heavy (non-hydrogen) atoms. The number of aromatic amines is 2. The molecule has 0 aliphatic carbocycles. The van der Waals surface area contributed by atoms with Crippen LogP contribution in [0.15, 0.2) is 44.1 Å². The van der Waals surface area contributed by atoms with Crippen molar-refractivity contribution in [1.82, 2.24) is 19.9 Å². The summed E-state index contributed by atoms with van der Waals surface area (Å²) in [7, 11) is 0. The van der Waals surface area contributed by atoms with Gasteiger partial charge in [0, 0.05) is 23.5 Å². The van der Waals surface area contributed by atoms with Gasteiger partial charge in [-0.2, -0.15) is 10.2 Å². The quantitative estimate of drug-likeness (QED) is 0.364. The van der Waals surface area contributed by atoms with Crippen molar-refractivity contribution in [3.05, 3.63) is 78.6 Å². The number of hydrogen-bond acceptors (Lipinski definition) is 8. The van der Waals surface area contributed by atoms with Crippen molar-refractivity contribution in [2.45, 2.75) is 27.7 Å². The van der Waals surface area contributed by atoms with Crippen LogP contribution in [0.2, 0.25) is 0 Å². The Morgan fingerprint density at radius 3 is 1.50 bits per heavy atom. The summed E-state index contributed by atoms with van der Waals surface area (Å²) in [6.07, 6.45) is 3.32. The summed E-state index contributed by atoms with van der Waals surface area (Å²) in [5.74, 6) is 0.562. The number of benzene rings is 1. The third kappa shape index (κ3) is 5.47. The third-order valence-corrected chi connectivity index (χ3v) is 4.14. The van der Waals surface area contributed by atoms with E-state index in [0.717, 1.165) is 22.3 Å². The second-order valence-electron chi connectivity index (χ2n) is 6.78. The number of H-pyrrole nitrogens is 2. The van der Waals surface area contributed by atoms with Gasteiger partial charge in [-0.15, -0.1) is 0 Å². The van der Waals surface area contributed by atoms with Crippen LogP contribution in [0.5, 0.6) is 0 Å². The summed E-state index contributed by atoms with van der Waals surface area (Å²) < 4.78 is 0. The van der Waals surface area contributed by atoms with Crippen LogP contribution in [-0.2, 0) is 0 Å². The van der Waals surface area contributed by atoms with Crippen molar-refractivity contribution in [3.63, 3.8) is 0 Å². The van der Waals surface area contributed by atoms with Crippen LogP contribution >= 0.6 is 0 Å². The van der Waals surface area contributed by atoms with Gasteiger partial charge >= 0.3 is 0 Å². The Morgan fingerprint density at radius 1 is 0.733 bits per heavy atom. The van der Waals surface area contributed by atoms with E-state index in [9.17, 15) is 9.59 Å². The molecule has 0 amide bonds. The van der Waals surface area contributed by atoms with E-state index in [1.807, 2.05) is 26.0 Å². The number of nitrogens with zero attached hydrogens (tertiary/aromatic N) is 4. The second-order valence-corrected chi connectivity index (χ2v) is 6.78. The maximum atomic E-state index is 11.5. The number of nitrogens with one attached hydrogen (secondary N) is 4. The minimum absolute atomic E-state index is 0.241. The summed E-state index contributed by atoms with van der Waals surface area (Å²) in [4.78, 5) is 36.4. The molecular formula is C20H22N8O2. The first-order valence-electron chi connectivity index (χ1n) is 9.15. The molecule has 0 fully saturated rings. The number of hydrazone groups is 2. The van der Waals surface area contributed by atoms with Crippen LogP contribution in [0.4, 0.5) is 11.9 Å². The Kier molecular flexibility index (Phi) is 6.16. The number of aromatic nitrogens is 4. The Hall–Kier alpha value is -4.08. The molecular weight excluding hydrogens is 384 g/mol. The van der Waals surface area contributed by atoms with Crippen LogP contribution in [-0.4, -0.2) is 32.4 Å². The third-order valence-electron chi connectivity index (χ3n) is 4.14. The molecule has 3 rings (SSSR count). The minimum atomic E-state index is -0.241. The van der Waals surface area contributed by atoms with Crippen molar-refractivity contribution in [2.24, 2.45) is 10.2 Å². The Bertz CT molecular complexity index is 1140. The van der Waals surface area contributed by atoms with E-state index in [-0.39, 0.29) is 23.0 Å². The molecule has 0 spiro atoms. The van der Waals surface area contributed by atoms with Crippen LogP contribution in [0.25, 0.3) is 0 Å². The summed E-state index contributed by atoms with van der Waals surface area (Å²) in [6, 6.07) is 6.76. The summed E-state index contributed by atoms with van der Waals surface area (Å²) >= 11 is 0. The SMILES string of the molecule is Cc1cc(=O)[nH]c(N/N=C/c2cc(C)c(/C=N/Nc3nc(C)cc(=O)[nH]3)cc2C)n1. The second kappa shape index (κ2) is 8.95. The van der Waals surface area contributed by atoms with Crippen LogP contribution in [0.1, 0.15) is 33.6 Å². The van der Waals surface area contributed by atoms with Crippen molar-refractivity contribution in [2.75, 3.05) is 10.9 Å². The van der Waals surface area contributed by atoms with Gasteiger partial charge in [0.25, 0.3) is 11.1 Å². The Balaban J connectivity index is 1.71. The molecule has 4 N–H and O–H groups in total. The summed E-state index contributed by atoms with van der Waals surface area (Å²) in [6.45, 7) is 7.38. The van der Waals surface area contributed by atoms with E-state index in [1.54, 1.807) is 26.3 Å². The van der Waals surface area contributed by atoms with Crippen LogP contribution < -0.4 is 22.0 Å². The van der Waals surface area contributed by atoms with Gasteiger partial charge < -0.3 is 0 Å².